The third-order valence-electron chi connectivity index (χ3n) is 2.84. The topological polar surface area (TPSA) is 74.5 Å². The highest BCUT2D eigenvalue weighted by Crippen LogP contribution is 2.24. The van der Waals surface area contributed by atoms with Crippen molar-refractivity contribution in [3.63, 3.8) is 0 Å². The molecule has 0 radical (unpaired) electrons. The maximum Gasteiger partial charge on any atom is 0.201 e. The Kier molecular flexibility index (Phi) is 2.83. The van der Waals surface area contributed by atoms with Gasteiger partial charge in [-0.3, -0.25) is 4.68 Å². The van der Waals surface area contributed by atoms with E-state index in [-0.39, 0.29) is 5.02 Å². The molecule has 3 rings (SSSR count). The van der Waals surface area contributed by atoms with Crippen LogP contribution in [0.3, 0.4) is 0 Å². The molecule has 8 heteroatoms. The van der Waals surface area contributed by atoms with Gasteiger partial charge in [-0.05, 0) is 6.07 Å². The first-order chi connectivity index (χ1) is 9.15. The zero-order valence-corrected chi connectivity index (χ0v) is 10.5. The van der Waals surface area contributed by atoms with E-state index < -0.39 is 5.82 Å². The summed E-state index contributed by atoms with van der Waals surface area (Å²) in [6.07, 6.45) is 3.33. The van der Waals surface area contributed by atoms with E-state index in [0.717, 1.165) is 0 Å². The molecule has 0 saturated carbocycles. The molecule has 2 heterocycles. The van der Waals surface area contributed by atoms with E-state index in [1.54, 1.807) is 21.6 Å². The number of fused-ring (bicyclic) bond motifs is 1. The largest absolute Gasteiger partial charge is 0.369 e. The lowest BCUT2D eigenvalue weighted by molar-refractivity contribution is 0.528. The summed E-state index contributed by atoms with van der Waals surface area (Å²) in [5, 5.41) is 7.60. The van der Waals surface area contributed by atoms with Gasteiger partial charge in [-0.25, -0.2) is 9.37 Å². The van der Waals surface area contributed by atoms with Gasteiger partial charge in [0.1, 0.15) is 5.82 Å². The van der Waals surface area contributed by atoms with Crippen molar-refractivity contribution in [3.05, 3.63) is 35.4 Å². The first kappa shape index (κ1) is 11.9. The summed E-state index contributed by atoms with van der Waals surface area (Å²) in [4.78, 5) is 4.16. The average Bonchev–Trinajstić information content (AvgIpc) is 2.96. The molecule has 98 valence electrons. The smallest absolute Gasteiger partial charge is 0.201 e. The van der Waals surface area contributed by atoms with Gasteiger partial charge in [-0.2, -0.15) is 0 Å². The number of halogens is 2. The third-order valence-corrected chi connectivity index (χ3v) is 3.13. The van der Waals surface area contributed by atoms with E-state index in [0.29, 0.717) is 30.1 Å². The fourth-order valence-corrected chi connectivity index (χ4v) is 2.09. The Labute approximate surface area is 112 Å². The van der Waals surface area contributed by atoms with E-state index in [2.05, 4.69) is 15.3 Å². The minimum atomic E-state index is -0.490. The van der Waals surface area contributed by atoms with Crippen LogP contribution in [0.25, 0.3) is 11.0 Å². The Morgan fingerprint density at radius 3 is 2.89 bits per heavy atom. The highest BCUT2D eigenvalue weighted by atomic mass is 35.5. The van der Waals surface area contributed by atoms with Gasteiger partial charge in [0.2, 0.25) is 5.95 Å². The fourth-order valence-electron chi connectivity index (χ4n) is 1.93. The summed E-state index contributed by atoms with van der Waals surface area (Å²) in [5.74, 6) is -0.173. The first-order valence-electron chi connectivity index (χ1n) is 5.60. The summed E-state index contributed by atoms with van der Waals surface area (Å²) >= 11 is 5.72. The zero-order chi connectivity index (χ0) is 13.4. The van der Waals surface area contributed by atoms with E-state index in [4.69, 9.17) is 17.3 Å². The van der Waals surface area contributed by atoms with Crippen molar-refractivity contribution in [2.75, 3.05) is 5.73 Å². The molecule has 2 aromatic heterocycles. The van der Waals surface area contributed by atoms with Gasteiger partial charge >= 0.3 is 0 Å². The van der Waals surface area contributed by atoms with Gasteiger partial charge < -0.3 is 10.3 Å². The molecule has 0 saturated heterocycles. The number of anilines is 1. The molecule has 6 nitrogen and oxygen atoms in total. The summed E-state index contributed by atoms with van der Waals surface area (Å²) in [6, 6.07) is 2.80. The molecule has 0 unspecified atom stereocenters. The first-order valence-corrected chi connectivity index (χ1v) is 5.98. The molecule has 0 bridgehead atoms. The predicted octanol–water partition coefficient (Wildman–Crippen LogP) is 1.70. The quantitative estimate of drug-likeness (QED) is 0.792. The Balaban J connectivity index is 1.98. The van der Waals surface area contributed by atoms with Gasteiger partial charge in [-0.15, -0.1) is 5.10 Å². The molecular formula is C11H10ClFN6. The number of hydrogen-bond donors (Lipinski definition) is 1. The predicted molar refractivity (Wildman–Crippen MR) is 69.1 cm³/mol. The number of aryl methyl sites for hydroxylation is 2. The van der Waals surface area contributed by atoms with Crippen molar-refractivity contribution in [1.82, 2.24) is 24.5 Å². The van der Waals surface area contributed by atoms with Crippen LogP contribution in [0.1, 0.15) is 0 Å². The van der Waals surface area contributed by atoms with Crippen molar-refractivity contribution >= 4 is 28.6 Å². The lowest BCUT2D eigenvalue weighted by Crippen LogP contribution is -2.10. The molecule has 0 aliphatic rings. The molecular weight excluding hydrogens is 271 g/mol. The summed E-state index contributed by atoms with van der Waals surface area (Å²) in [5.41, 5.74) is 7.02. The number of benzene rings is 1. The molecule has 0 fully saturated rings. The second-order valence-electron chi connectivity index (χ2n) is 4.04. The van der Waals surface area contributed by atoms with Crippen LogP contribution in [0, 0.1) is 5.82 Å². The molecule has 0 amide bonds. The van der Waals surface area contributed by atoms with Crippen molar-refractivity contribution in [1.29, 1.82) is 0 Å². The second-order valence-corrected chi connectivity index (χ2v) is 4.45. The lowest BCUT2D eigenvalue weighted by atomic mass is 10.3. The summed E-state index contributed by atoms with van der Waals surface area (Å²) in [6.45, 7) is 1.09. The average molecular weight is 281 g/mol. The SMILES string of the molecule is Nc1nc2cc(Cl)c(F)cc2n1CCn1ccnn1. The standard InChI is InChI=1S/C11H10ClFN6/c12-7-5-9-10(6-8(7)13)19(11(14)16-9)4-3-18-2-1-15-17-18/h1-2,5-6H,3-4H2,(H2,14,16). The zero-order valence-electron chi connectivity index (χ0n) is 9.79. The van der Waals surface area contributed by atoms with Crippen LogP contribution >= 0.6 is 11.6 Å². The maximum atomic E-state index is 13.5. The minimum absolute atomic E-state index is 0.0356. The molecule has 0 atom stereocenters. The lowest BCUT2D eigenvalue weighted by Gasteiger charge is -2.06. The molecule has 0 aliphatic carbocycles. The number of nitrogens with zero attached hydrogens (tertiary/aromatic N) is 5. The summed E-state index contributed by atoms with van der Waals surface area (Å²) in [7, 11) is 0. The Morgan fingerprint density at radius 1 is 1.32 bits per heavy atom. The van der Waals surface area contributed by atoms with Gasteiger partial charge in [0.25, 0.3) is 0 Å². The molecule has 2 N–H and O–H groups in total. The van der Waals surface area contributed by atoms with E-state index in [9.17, 15) is 4.39 Å². The molecule has 1 aromatic carbocycles. The van der Waals surface area contributed by atoms with Crippen molar-refractivity contribution in [3.8, 4) is 0 Å². The van der Waals surface area contributed by atoms with Crippen LogP contribution in [0.2, 0.25) is 5.02 Å². The van der Waals surface area contributed by atoms with Crippen molar-refractivity contribution < 1.29 is 4.39 Å². The Morgan fingerprint density at radius 2 is 2.16 bits per heavy atom. The van der Waals surface area contributed by atoms with Crippen LogP contribution in [0.5, 0.6) is 0 Å². The van der Waals surface area contributed by atoms with Gasteiger partial charge in [0.05, 0.1) is 28.8 Å². The van der Waals surface area contributed by atoms with Crippen LogP contribution in [-0.2, 0) is 13.1 Å². The number of rotatable bonds is 3. The second kappa shape index (κ2) is 4.51. The van der Waals surface area contributed by atoms with Crippen LogP contribution in [0.15, 0.2) is 24.5 Å². The monoisotopic (exact) mass is 280 g/mol. The minimum Gasteiger partial charge on any atom is -0.369 e. The molecule has 0 aliphatic heterocycles. The van der Waals surface area contributed by atoms with Crippen LogP contribution in [-0.4, -0.2) is 24.5 Å². The number of hydrogen-bond acceptors (Lipinski definition) is 4. The fraction of sp³-hybridized carbons (Fsp3) is 0.182. The normalized spacial score (nSPS) is 11.3. The Hall–Kier alpha value is -2.15. The molecule has 3 aromatic rings. The van der Waals surface area contributed by atoms with Crippen molar-refractivity contribution in [2.24, 2.45) is 0 Å². The van der Waals surface area contributed by atoms with E-state index in [1.165, 1.54) is 12.1 Å². The highest BCUT2D eigenvalue weighted by molar-refractivity contribution is 6.31. The van der Waals surface area contributed by atoms with Crippen molar-refractivity contribution in [2.45, 2.75) is 13.1 Å². The van der Waals surface area contributed by atoms with Gasteiger partial charge in [-0.1, -0.05) is 16.8 Å². The van der Waals surface area contributed by atoms with E-state index in [1.807, 2.05) is 0 Å². The van der Waals surface area contributed by atoms with Crippen LogP contribution < -0.4 is 5.73 Å². The number of aromatic nitrogens is 5. The maximum absolute atomic E-state index is 13.5. The van der Waals surface area contributed by atoms with Gasteiger partial charge in [0.15, 0.2) is 0 Å². The number of imidazole rings is 1. The van der Waals surface area contributed by atoms with E-state index >= 15 is 0 Å². The molecule has 19 heavy (non-hydrogen) atoms. The van der Waals surface area contributed by atoms with Crippen LogP contribution in [0.4, 0.5) is 10.3 Å². The third kappa shape index (κ3) is 2.12. The highest BCUT2D eigenvalue weighted by Gasteiger charge is 2.11. The number of nitrogens with two attached hydrogens (primary N) is 1. The van der Waals surface area contributed by atoms with Gasteiger partial charge in [0, 0.05) is 18.8 Å². The Bertz CT molecular complexity index is 720. The molecule has 0 spiro atoms. The number of nitrogen functional groups attached to an aromatic ring is 1. The summed E-state index contributed by atoms with van der Waals surface area (Å²) < 4.78 is 16.9.